The lowest BCUT2D eigenvalue weighted by Gasteiger charge is -2.11. The van der Waals surface area contributed by atoms with E-state index in [-0.39, 0.29) is 12.0 Å². The van der Waals surface area contributed by atoms with Crippen LogP contribution >= 0.6 is 0 Å². The highest BCUT2D eigenvalue weighted by Crippen LogP contribution is 1.93. The molecule has 70 valence electrons. The summed E-state index contributed by atoms with van der Waals surface area (Å²) >= 11 is 0. The number of nitrogens with two attached hydrogens (primary N) is 1. The Kier molecular flexibility index (Phi) is 6.32. The Morgan fingerprint density at radius 1 is 1.83 bits per heavy atom. The van der Waals surface area contributed by atoms with Gasteiger partial charge in [-0.25, -0.2) is 0 Å². The minimum Gasteiger partial charge on any atom is -0.380 e. The maximum absolute atomic E-state index is 11.0. The molecule has 0 aromatic rings. The molecule has 0 aliphatic carbocycles. The first-order chi connectivity index (χ1) is 5.74. The maximum Gasteiger partial charge on any atom is 0.222 e. The summed E-state index contributed by atoms with van der Waals surface area (Å²) in [4.78, 5) is 11.0. The third-order valence-corrected chi connectivity index (χ3v) is 1.45. The molecule has 0 aliphatic rings. The number of hydrogen-bond acceptors (Lipinski definition) is 3. The summed E-state index contributed by atoms with van der Waals surface area (Å²) < 4.78 is 4.94. The van der Waals surface area contributed by atoms with E-state index in [0.29, 0.717) is 19.5 Å². The van der Waals surface area contributed by atoms with Gasteiger partial charge in [-0.3, -0.25) is 4.79 Å². The molecule has 4 heteroatoms. The predicted octanol–water partition coefficient (Wildman–Crippen LogP) is -0.348. The second-order valence-electron chi connectivity index (χ2n) is 2.39. The van der Waals surface area contributed by atoms with E-state index in [1.165, 1.54) is 7.11 Å². The number of ether oxygens (including phenoxy) is 1. The molecule has 0 aromatic heterocycles. The van der Waals surface area contributed by atoms with Crippen LogP contribution in [0.3, 0.4) is 0 Å². The van der Waals surface area contributed by atoms with Crippen molar-refractivity contribution in [1.29, 1.82) is 0 Å². The second-order valence-corrected chi connectivity index (χ2v) is 2.39. The molecule has 3 N–H and O–H groups in total. The van der Waals surface area contributed by atoms with Gasteiger partial charge in [0.05, 0.1) is 12.5 Å². The SMILES string of the molecule is C=CCNC(=O)CC(CN)OC. The van der Waals surface area contributed by atoms with Crippen molar-refractivity contribution in [1.82, 2.24) is 5.32 Å². The van der Waals surface area contributed by atoms with E-state index in [9.17, 15) is 4.79 Å². The minimum atomic E-state index is -0.185. The lowest BCUT2D eigenvalue weighted by atomic mass is 10.2. The summed E-state index contributed by atoms with van der Waals surface area (Å²) in [5, 5.41) is 2.64. The fourth-order valence-electron chi connectivity index (χ4n) is 0.728. The van der Waals surface area contributed by atoms with E-state index in [1.54, 1.807) is 6.08 Å². The van der Waals surface area contributed by atoms with Crippen LogP contribution in [0.5, 0.6) is 0 Å². The highest BCUT2D eigenvalue weighted by Gasteiger charge is 2.09. The molecule has 0 saturated carbocycles. The van der Waals surface area contributed by atoms with Gasteiger partial charge in [0.15, 0.2) is 0 Å². The molecule has 12 heavy (non-hydrogen) atoms. The third kappa shape index (κ3) is 4.87. The number of nitrogens with one attached hydrogen (secondary N) is 1. The molecule has 0 saturated heterocycles. The first-order valence-electron chi connectivity index (χ1n) is 3.85. The Morgan fingerprint density at radius 2 is 2.50 bits per heavy atom. The van der Waals surface area contributed by atoms with Crippen LogP contribution in [0, 0.1) is 0 Å². The number of hydrogen-bond donors (Lipinski definition) is 2. The van der Waals surface area contributed by atoms with Gasteiger partial charge >= 0.3 is 0 Å². The van der Waals surface area contributed by atoms with Crippen LogP contribution in [0.2, 0.25) is 0 Å². The zero-order chi connectivity index (χ0) is 9.40. The maximum atomic E-state index is 11.0. The molecular weight excluding hydrogens is 156 g/mol. The van der Waals surface area contributed by atoms with Gasteiger partial charge in [-0.1, -0.05) is 6.08 Å². The largest absolute Gasteiger partial charge is 0.380 e. The lowest BCUT2D eigenvalue weighted by molar-refractivity contribution is -0.123. The first kappa shape index (κ1) is 11.1. The number of carbonyl (C=O) groups excluding carboxylic acids is 1. The van der Waals surface area contributed by atoms with Gasteiger partial charge < -0.3 is 15.8 Å². The summed E-state index contributed by atoms with van der Waals surface area (Å²) in [5.74, 6) is -0.0628. The summed E-state index contributed by atoms with van der Waals surface area (Å²) in [5.41, 5.74) is 5.34. The molecule has 1 unspecified atom stereocenters. The van der Waals surface area contributed by atoms with Crippen LogP contribution in [0.1, 0.15) is 6.42 Å². The lowest BCUT2D eigenvalue weighted by Crippen LogP contribution is -2.32. The van der Waals surface area contributed by atoms with Crippen molar-refractivity contribution >= 4 is 5.91 Å². The van der Waals surface area contributed by atoms with Gasteiger partial charge in [-0.05, 0) is 0 Å². The van der Waals surface area contributed by atoms with E-state index in [1.807, 2.05) is 0 Å². The third-order valence-electron chi connectivity index (χ3n) is 1.45. The zero-order valence-corrected chi connectivity index (χ0v) is 7.38. The van der Waals surface area contributed by atoms with Crippen LogP contribution in [0.15, 0.2) is 12.7 Å². The zero-order valence-electron chi connectivity index (χ0n) is 7.38. The quantitative estimate of drug-likeness (QED) is 0.538. The average molecular weight is 172 g/mol. The molecule has 0 aliphatic heterocycles. The normalized spacial score (nSPS) is 12.2. The molecular formula is C8H16N2O2. The van der Waals surface area contributed by atoms with E-state index in [4.69, 9.17) is 10.5 Å². The van der Waals surface area contributed by atoms with Crippen molar-refractivity contribution in [3.8, 4) is 0 Å². The Labute approximate surface area is 72.8 Å². The number of carbonyl (C=O) groups is 1. The van der Waals surface area contributed by atoms with Gasteiger partial charge in [0.25, 0.3) is 0 Å². The van der Waals surface area contributed by atoms with Crippen LogP contribution in [0.25, 0.3) is 0 Å². The Balaban J connectivity index is 3.58. The Bertz CT molecular complexity index is 144. The molecule has 0 heterocycles. The summed E-state index contributed by atoms with van der Waals surface area (Å²) in [7, 11) is 1.54. The van der Waals surface area contributed by atoms with Crippen LogP contribution in [-0.4, -0.2) is 32.2 Å². The summed E-state index contributed by atoms with van der Waals surface area (Å²) in [6, 6.07) is 0. The summed E-state index contributed by atoms with van der Waals surface area (Å²) in [6.45, 7) is 4.33. The smallest absolute Gasteiger partial charge is 0.222 e. The van der Waals surface area contributed by atoms with Crippen molar-refractivity contribution < 1.29 is 9.53 Å². The van der Waals surface area contributed by atoms with E-state index in [2.05, 4.69) is 11.9 Å². The van der Waals surface area contributed by atoms with Gasteiger partial charge in [0, 0.05) is 20.2 Å². The molecule has 0 rings (SSSR count). The van der Waals surface area contributed by atoms with E-state index < -0.39 is 0 Å². The monoisotopic (exact) mass is 172 g/mol. The summed E-state index contributed by atoms with van der Waals surface area (Å²) in [6.07, 6.45) is 1.75. The number of methoxy groups -OCH3 is 1. The van der Waals surface area contributed by atoms with Crippen LogP contribution in [-0.2, 0) is 9.53 Å². The number of rotatable bonds is 6. The molecule has 0 fully saturated rings. The van der Waals surface area contributed by atoms with Gasteiger partial charge in [-0.15, -0.1) is 6.58 Å². The standard InChI is InChI=1S/C8H16N2O2/c1-3-4-10-8(11)5-7(6-9)12-2/h3,7H,1,4-6,9H2,2H3,(H,10,11). The fraction of sp³-hybridized carbons (Fsp3) is 0.625. The van der Waals surface area contributed by atoms with E-state index >= 15 is 0 Å². The highest BCUT2D eigenvalue weighted by molar-refractivity contribution is 5.76. The van der Waals surface area contributed by atoms with Crippen molar-refractivity contribution in [2.45, 2.75) is 12.5 Å². The average Bonchev–Trinajstić information content (AvgIpc) is 2.10. The van der Waals surface area contributed by atoms with Crippen molar-refractivity contribution in [2.75, 3.05) is 20.2 Å². The molecule has 4 nitrogen and oxygen atoms in total. The molecule has 0 bridgehead atoms. The van der Waals surface area contributed by atoms with Crippen molar-refractivity contribution in [2.24, 2.45) is 5.73 Å². The van der Waals surface area contributed by atoms with Crippen LogP contribution in [0.4, 0.5) is 0 Å². The van der Waals surface area contributed by atoms with E-state index in [0.717, 1.165) is 0 Å². The van der Waals surface area contributed by atoms with Gasteiger partial charge in [0.1, 0.15) is 0 Å². The Morgan fingerprint density at radius 3 is 2.92 bits per heavy atom. The highest BCUT2D eigenvalue weighted by atomic mass is 16.5. The molecule has 0 radical (unpaired) electrons. The van der Waals surface area contributed by atoms with Gasteiger partial charge in [0.2, 0.25) is 5.91 Å². The topological polar surface area (TPSA) is 64.4 Å². The van der Waals surface area contributed by atoms with Crippen molar-refractivity contribution in [3.63, 3.8) is 0 Å². The van der Waals surface area contributed by atoms with Crippen molar-refractivity contribution in [3.05, 3.63) is 12.7 Å². The minimum absolute atomic E-state index is 0.0628. The fourth-order valence-corrected chi connectivity index (χ4v) is 0.728. The first-order valence-corrected chi connectivity index (χ1v) is 3.85. The predicted molar refractivity (Wildman–Crippen MR) is 47.7 cm³/mol. The number of amides is 1. The molecule has 0 aromatic carbocycles. The molecule has 1 atom stereocenters. The Hall–Kier alpha value is -0.870. The van der Waals surface area contributed by atoms with Gasteiger partial charge in [-0.2, -0.15) is 0 Å². The molecule has 1 amide bonds. The molecule has 0 spiro atoms. The van der Waals surface area contributed by atoms with Crippen LogP contribution < -0.4 is 11.1 Å². The second kappa shape index (κ2) is 6.82.